The summed E-state index contributed by atoms with van der Waals surface area (Å²) in [6.07, 6.45) is -2.27. The fourth-order valence-corrected chi connectivity index (χ4v) is 3.15. The van der Waals surface area contributed by atoms with Crippen molar-refractivity contribution in [3.63, 3.8) is 0 Å². The molecule has 0 spiro atoms. The van der Waals surface area contributed by atoms with E-state index in [2.05, 4.69) is 16.0 Å². The summed E-state index contributed by atoms with van der Waals surface area (Å²) in [5, 5.41) is 35.6. The molecule has 0 saturated carbocycles. The normalized spacial score (nSPS) is 13.9. The summed E-state index contributed by atoms with van der Waals surface area (Å²) >= 11 is 1.01. The summed E-state index contributed by atoms with van der Waals surface area (Å²) in [6.45, 7) is 4.84. The van der Waals surface area contributed by atoms with E-state index in [4.69, 9.17) is 14.9 Å². The number of carbonyl (C=O) groups is 5. The van der Waals surface area contributed by atoms with Crippen LogP contribution in [0.2, 0.25) is 0 Å². The van der Waals surface area contributed by atoms with Gasteiger partial charge in [-0.15, -0.1) is 0 Å². The second-order valence-electron chi connectivity index (χ2n) is 8.10. The number of hydrogen-bond donors (Lipinski definition) is 6. The maximum absolute atomic E-state index is 12.2. The highest BCUT2D eigenvalue weighted by Crippen LogP contribution is 2.21. The van der Waals surface area contributed by atoms with Gasteiger partial charge in [0.2, 0.25) is 17.7 Å². The molecule has 12 nitrogen and oxygen atoms in total. The van der Waals surface area contributed by atoms with Crippen molar-refractivity contribution in [2.45, 2.75) is 58.8 Å². The zero-order chi connectivity index (χ0) is 25.6. The van der Waals surface area contributed by atoms with Gasteiger partial charge in [0, 0.05) is 44.0 Å². The molecule has 33 heavy (non-hydrogen) atoms. The smallest absolute Gasteiger partial charge is 0.331 e. The topological polar surface area (TPSA) is 191 Å². The first-order chi connectivity index (χ1) is 15.3. The molecule has 0 rings (SSSR count). The Morgan fingerprint density at radius 1 is 1.06 bits per heavy atom. The molecule has 3 amide bonds. The van der Waals surface area contributed by atoms with E-state index in [0.29, 0.717) is 5.75 Å². The average Bonchev–Trinajstić information content (AvgIpc) is 2.72. The average molecular weight is 494 g/mol. The summed E-state index contributed by atoms with van der Waals surface area (Å²) < 4.78 is 5.01. The Bertz CT molecular complexity index is 686. The van der Waals surface area contributed by atoms with Gasteiger partial charge in [-0.05, 0) is 6.92 Å². The molecular weight excluding hydrogens is 458 g/mol. The highest BCUT2D eigenvalue weighted by molar-refractivity contribution is 8.13. The van der Waals surface area contributed by atoms with E-state index >= 15 is 0 Å². The molecule has 190 valence electrons. The van der Waals surface area contributed by atoms with Gasteiger partial charge in [0.15, 0.2) is 11.2 Å². The SMILES string of the molecule is CC(=O)N[C@@H](CO)C(=O)OCC(C)(C)[C@@H](O)C(=O)NCCC(=O)NCCSC(=O)C[C@@H](C)O. The van der Waals surface area contributed by atoms with Gasteiger partial charge < -0.3 is 36.0 Å². The quantitative estimate of drug-likeness (QED) is 0.111. The molecule has 13 heteroatoms. The van der Waals surface area contributed by atoms with Gasteiger partial charge in [0.05, 0.1) is 19.3 Å². The zero-order valence-electron chi connectivity index (χ0n) is 19.4. The zero-order valence-corrected chi connectivity index (χ0v) is 20.2. The molecule has 0 aromatic rings. The lowest BCUT2D eigenvalue weighted by molar-refractivity contribution is -0.157. The van der Waals surface area contributed by atoms with E-state index in [0.717, 1.165) is 11.8 Å². The number of hydrogen-bond acceptors (Lipinski definition) is 10. The van der Waals surface area contributed by atoms with Crippen LogP contribution in [-0.2, 0) is 28.7 Å². The number of nitrogens with one attached hydrogen (secondary N) is 3. The standard InChI is InChI=1S/C20H35N3O9S/c1-12(25)9-16(28)33-8-7-21-15(27)5-6-22-18(30)17(29)20(3,4)11-32-19(31)14(10-24)23-13(2)26/h12,14,17,24-25,29H,5-11H2,1-4H3,(H,21,27)(H,22,30)(H,23,26)/t12-,14+,17+/m1/s1. The first-order valence-electron chi connectivity index (χ1n) is 10.4. The van der Waals surface area contributed by atoms with Gasteiger partial charge >= 0.3 is 5.97 Å². The predicted octanol–water partition coefficient (Wildman–Crippen LogP) is -1.93. The van der Waals surface area contributed by atoms with Crippen molar-refractivity contribution in [3.05, 3.63) is 0 Å². The Balaban J connectivity index is 4.29. The molecule has 0 aromatic heterocycles. The lowest BCUT2D eigenvalue weighted by atomic mass is 9.87. The Labute approximate surface area is 197 Å². The third kappa shape index (κ3) is 13.8. The van der Waals surface area contributed by atoms with Gasteiger partial charge in [-0.1, -0.05) is 25.6 Å². The number of aliphatic hydroxyl groups excluding tert-OH is 3. The molecule has 0 aliphatic rings. The summed E-state index contributed by atoms with van der Waals surface area (Å²) in [4.78, 5) is 58.4. The minimum atomic E-state index is -1.56. The summed E-state index contributed by atoms with van der Waals surface area (Å²) in [5.74, 6) is -2.19. The van der Waals surface area contributed by atoms with E-state index < -0.39 is 48.1 Å². The van der Waals surface area contributed by atoms with Crippen LogP contribution in [0.1, 0.15) is 40.5 Å². The summed E-state index contributed by atoms with van der Waals surface area (Å²) in [7, 11) is 0. The van der Waals surface area contributed by atoms with Crippen LogP contribution in [0.5, 0.6) is 0 Å². The van der Waals surface area contributed by atoms with Crippen LogP contribution in [0, 0.1) is 5.41 Å². The molecule has 3 atom stereocenters. The van der Waals surface area contributed by atoms with E-state index in [1.165, 1.54) is 27.7 Å². The molecule has 0 aromatic carbocycles. The van der Waals surface area contributed by atoms with Gasteiger partial charge in [-0.25, -0.2) is 4.79 Å². The molecule has 0 radical (unpaired) electrons. The number of ether oxygens (including phenoxy) is 1. The fraction of sp³-hybridized carbons (Fsp3) is 0.750. The maximum Gasteiger partial charge on any atom is 0.331 e. The van der Waals surface area contributed by atoms with E-state index in [-0.39, 0.29) is 43.6 Å². The Kier molecular flexibility index (Phi) is 14.5. The van der Waals surface area contributed by atoms with Crippen molar-refractivity contribution < 1.29 is 44.0 Å². The van der Waals surface area contributed by atoms with E-state index in [1.54, 1.807) is 0 Å². The van der Waals surface area contributed by atoms with Crippen LogP contribution < -0.4 is 16.0 Å². The Morgan fingerprint density at radius 2 is 1.70 bits per heavy atom. The molecular formula is C20H35N3O9S. The van der Waals surface area contributed by atoms with Crippen LogP contribution in [0.3, 0.4) is 0 Å². The fourth-order valence-electron chi connectivity index (χ4n) is 2.36. The number of carbonyl (C=O) groups excluding carboxylic acids is 5. The second kappa shape index (κ2) is 15.6. The van der Waals surface area contributed by atoms with Crippen LogP contribution in [0.15, 0.2) is 0 Å². The third-order valence-electron chi connectivity index (χ3n) is 4.22. The number of aliphatic hydroxyl groups is 3. The summed E-state index contributed by atoms with van der Waals surface area (Å²) in [6, 6.07) is -1.25. The van der Waals surface area contributed by atoms with Crippen LogP contribution in [0.25, 0.3) is 0 Å². The first-order valence-corrected chi connectivity index (χ1v) is 11.4. The summed E-state index contributed by atoms with van der Waals surface area (Å²) in [5.41, 5.74) is -1.19. The third-order valence-corrected chi connectivity index (χ3v) is 5.12. The minimum Gasteiger partial charge on any atom is -0.463 e. The van der Waals surface area contributed by atoms with E-state index in [9.17, 15) is 29.1 Å². The molecule has 0 saturated heterocycles. The van der Waals surface area contributed by atoms with Crippen LogP contribution >= 0.6 is 11.8 Å². The number of rotatable bonds is 15. The van der Waals surface area contributed by atoms with Crippen molar-refractivity contribution in [2.24, 2.45) is 5.41 Å². The van der Waals surface area contributed by atoms with E-state index in [1.807, 2.05) is 0 Å². The molecule has 0 fully saturated rings. The number of thioether (sulfide) groups is 1. The highest BCUT2D eigenvalue weighted by Gasteiger charge is 2.35. The Morgan fingerprint density at radius 3 is 2.24 bits per heavy atom. The van der Waals surface area contributed by atoms with Crippen molar-refractivity contribution in [2.75, 3.05) is 32.1 Å². The van der Waals surface area contributed by atoms with Gasteiger partial charge in [0.25, 0.3) is 0 Å². The van der Waals surface area contributed by atoms with Crippen molar-refractivity contribution in [3.8, 4) is 0 Å². The van der Waals surface area contributed by atoms with Gasteiger partial charge in [-0.2, -0.15) is 0 Å². The monoisotopic (exact) mass is 493 g/mol. The lowest BCUT2D eigenvalue weighted by Crippen LogP contribution is -2.48. The largest absolute Gasteiger partial charge is 0.463 e. The predicted molar refractivity (Wildman–Crippen MR) is 120 cm³/mol. The second-order valence-corrected chi connectivity index (χ2v) is 9.25. The molecule has 0 bridgehead atoms. The maximum atomic E-state index is 12.2. The molecule has 0 heterocycles. The molecule has 0 aliphatic carbocycles. The first kappa shape index (κ1) is 30.8. The van der Waals surface area contributed by atoms with Crippen molar-refractivity contribution in [1.29, 1.82) is 0 Å². The van der Waals surface area contributed by atoms with Crippen molar-refractivity contribution >= 4 is 40.6 Å². The number of amides is 3. The van der Waals surface area contributed by atoms with Gasteiger partial charge in [-0.3, -0.25) is 19.2 Å². The molecule has 0 aliphatic heterocycles. The number of esters is 1. The van der Waals surface area contributed by atoms with Crippen LogP contribution in [0.4, 0.5) is 0 Å². The lowest BCUT2D eigenvalue weighted by Gasteiger charge is -2.29. The van der Waals surface area contributed by atoms with Crippen molar-refractivity contribution in [1.82, 2.24) is 16.0 Å². The van der Waals surface area contributed by atoms with Crippen LogP contribution in [-0.4, -0.2) is 94.4 Å². The molecule has 6 N–H and O–H groups in total. The minimum absolute atomic E-state index is 0.0409. The van der Waals surface area contributed by atoms with Gasteiger partial charge in [0.1, 0.15) is 6.10 Å². The highest BCUT2D eigenvalue weighted by atomic mass is 32.2. The Hall–Kier alpha value is -2.22. The molecule has 0 unspecified atom stereocenters.